The van der Waals surface area contributed by atoms with E-state index in [1.807, 2.05) is 0 Å². The quantitative estimate of drug-likeness (QED) is 0.596. The fourth-order valence-corrected chi connectivity index (χ4v) is 2.04. The van der Waals surface area contributed by atoms with Crippen LogP contribution in [0.5, 0.6) is 0 Å². The Morgan fingerprint density at radius 1 is 1.47 bits per heavy atom. The SMILES string of the molecule is Cn1c(C(=O)N2CCCNC(=O)C2)ccc1[N+](=O)[O-]. The number of nitro groups is 1. The molecule has 2 amide bonds. The smallest absolute Gasteiger partial charge is 0.323 e. The van der Waals surface area contributed by atoms with Gasteiger partial charge in [-0.3, -0.25) is 9.59 Å². The van der Waals surface area contributed by atoms with Gasteiger partial charge in [-0.1, -0.05) is 0 Å². The second-order valence-corrected chi connectivity index (χ2v) is 4.32. The second kappa shape index (κ2) is 5.09. The zero-order valence-electron chi connectivity index (χ0n) is 10.5. The predicted molar refractivity (Wildman–Crippen MR) is 65.6 cm³/mol. The molecule has 1 aliphatic heterocycles. The first-order chi connectivity index (χ1) is 9.00. The first-order valence-electron chi connectivity index (χ1n) is 5.87. The number of aromatic nitrogens is 1. The summed E-state index contributed by atoms with van der Waals surface area (Å²) in [5.74, 6) is -0.732. The van der Waals surface area contributed by atoms with Crippen LogP contribution in [0.1, 0.15) is 16.9 Å². The third kappa shape index (κ3) is 2.56. The monoisotopic (exact) mass is 266 g/mol. The van der Waals surface area contributed by atoms with Gasteiger partial charge in [0.05, 0.1) is 13.6 Å². The Morgan fingerprint density at radius 3 is 2.84 bits per heavy atom. The van der Waals surface area contributed by atoms with Gasteiger partial charge < -0.3 is 20.3 Å². The maximum Gasteiger partial charge on any atom is 0.323 e. The fraction of sp³-hybridized carbons (Fsp3) is 0.455. The molecule has 0 unspecified atom stereocenters. The van der Waals surface area contributed by atoms with E-state index in [1.54, 1.807) is 0 Å². The van der Waals surface area contributed by atoms with Gasteiger partial charge in [0, 0.05) is 19.2 Å². The van der Waals surface area contributed by atoms with Gasteiger partial charge in [0.1, 0.15) is 0 Å². The van der Waals surface area contributed by atoms with Crippen molar-refractivity contribution in [1.29, 1.82) is 0 Å². The molecule has 1 saturated heterocycles. The average molecular weight is 266 g/mol. The number of rotatable bonds is 2. The van der Waals surface area contributed by atoms with Crippen LogP contribution < -0.4 is 5.32 Å². The molecule has 8 heteroatoms. The summed E-state index contributed by atoms with van der Waals surface area (Å²) in [7, 11) is 1.46. The van der Waals surface area contributed by atoms with Gasteiger partial charge in [0.15, 0.2) is 5.69 Å². The third-order valence-electron chi connectivity index (χ3n) is 3.05. The molecule has 0 radical (unpaired) electrons. The van der Waals surface area contributed by atoms with Gasteiger partial charge >= 0.3 is 5.82 Å². The van der Waals surface area contributed by atoms with Crippen molar-refractivity contribution in [2.75, 3.05) is 19.6 Å². The number of hydrogen-bond acceptors (Lipinski definition) is 4. The van der Waals surface area contributed by atoms with E-state index in [-0.39, 0.29) is 29.9 Å². The Kier molecular flexibility index (Phi) is 3.50. The van der Waals surface area contributed by atoms with Crippen LogP contribution >= 0.6 is 0 Å². The second-order valence-electron chi connectivity index (χ2n) is 4.32. The molecule has 1 aliphatic rings. The van der Waals surface area contributed by atoms with Gasteiger partial charge in [0.25, 0.3) is 5.91 Å². The lowest BCUT2D eigenvalue weighted by atomic mass is 10.3. The molecule has 1 N–H and O–H groups in total. The summed E-state index contributed by atoms with van der Waals surface area (Å²) in [6.07, 6.45) is 0.671. The lowest BCUT2D eigenvalue weighted by molar-refractivity contribution is -0.391. The maximum absolute atomic E-state index is 12.3. The minimum absolute atomic E-state index is 0.0161. The predicted octanol–water partition coefficient (Wildman–Crippen LogP) is -0.105. The fourth-order valence-electron chi connectivity index (χ4n) is 2.04. The van der Waals surface area contributed by atoms with E-state index < -0.39 is 4.92 Å². The molecule has 0 saturated carbocycles. The molecule has 1 aromatic rings. The van der Waals surface area contributed by atoms with Crippen LogP contribution in [0.4, 0.5) is 5.82 Å². The van der Waals surface area contributed by atoms with E-state index in [2.05, 4.69) is 5.32 Å². The van der Waals surface area contributed by atoms with Crippen LogP contribution in [0.2, 0.25) is 0 Å². The zero-order valence-corrected chi connectivity index (χ0v) is 10.5. The van der Waals surface area contributed by atoms with Crippen molar-refractivity contribution in [2.45, 2.75) is 6.42 Å². The summed E-state index contributed by atoms with van der Waals surface area (Å²) < 4.78 is 1.23. The van der Waals surface area contributed by atoms with Crippen molar-refractivity contribution >= 4 is 17.6 Å². The number of nitrogens with one attached hydrogen (secondary N) is 1. The van der Waals surface area contributed by atoms with Crippen molar-refractivity contribution < 1.29 is 14.5 Å². The molecule has 8 nitrogen and oxygen atoms in total. The summed E-state index contributed by atoms with van der Waals surface area (Å²) in [6, 6.07) is 2.69. The summed E-state index contributed by atoms with van der Waals surface area (Å²) >= 11 is 0. The van der Waals surface area contributed by atoms with E-state index in [1.165, 1.54) is 28.6 Å². The van der Waals surface area contributed by atoms with Crippen LogP contribution in [-0.4, -0.2) is 45.8 Å². The van der Waals surface area contributed by atoms with Gasteiger partial charge in [-0.25, -0.2) is 4.57 Å². The van der Waals surface area contributed by atoms with E-state index >= 15 is 0 Å². The largest absolute Gasteiger partial charge is 0.358 e. The van der Waals surface area contributed by atoms with Crippen molar-refractivity contribution in [3.63, 3.8) is 0 Å². The van der Waals surface area contributed by atoms with E-state index in [4.69, 9.17) is 0 Å². The molecular weight excluding hydrogens is 252 g/mol. The molecule has 2 rings (SSSR count). The number of amides is 2. The lowest BCUT2D eigenvalue weighted by Crippen LogP contribution is -2.38. The Bertz CT molecular complexity index is 537. The standard InChI is InChI=1S/C11H14N4O4/c1-13-8(3-4-10(13)15(18)19)11(17)14-6-2-5-12-9(16)7-14/h3-4H,2,5-7H2,1H3,(H,12,16). The summed E-state index contributed by atoms with van der Waals surface area (Å²) in [6.45, 7) is 0.976. The number of carbonyl (C=O) groups excluding carboxylic acids is 2. The zero-order chi connectivity index (χ0) is 14.0. The molecule has 0 aliphatic carbocycles. The molecule has 0 bridgehead atoms. The highest BCUT2D eigenvalue weighted by Crippen LogP contribution is 2.17. The molecule has 1 aromatic heterocycles. The van der Waals surface area contributed by atoms with Crippen molar-refractivity contribution in [2.24, 2.45) is 7.05 Å². The highest BCUT2D eigenvalue weighted by atomic mass is 16.6. The molecular formula is C11H14N4O4. The highest BCUT2D eigenvalue weighted by Gasteiger charge is 2.27. The first-order valence-corrected chi connectivity index (χ1v) is 5.87. The van der Waals surface area contributed by atoms with E-state index in [0.717, 1.165) is 0 Å². The van der Waals surface area contributed by atoms with Crippen LogP contribution in [0.3, 0.4) is 0 Å². The van der Waals surface area contributed by atoms with Crippen molar-refractivity contribution in [3.8, 4) is 0 Å². The summed E-state index contributed by atoms with van der Waals surface area (Å²) in [4.78, 5) is 35.3. The van der Waals surface area contributed by atoms with Crippen LogP contribution in [-0.2, 0) is 11.8 Å². The molecule has 0 spiro atoms. The van der Waals surface area contributed by atoms with Gasteiger partial charge in [-0.15, -0.1) is 0 Å². The first kappa shape index (κ1) is 13.1. The van der Waals surface area contributed by atoms with Crippen molar-refractivity contribution in [1.82, 2.24) is 14.8 Å². The third-order valence-corrected chi connectivity index (χ3v) is 3.05. The van der Waals surface area contributed by atoms with Crippen LogP contribution in [0.25, 0.3) is 0 Å². The highest BCUT2D eigenvalue weighted by molar-refractivity contribution is 5.95. The van der Waals surface area contributed by atoms with Crippen LogP contribution in [0, 0.1) is 10.1 Å². The number of carbonyl (C=O) groups is 2. The summed E-state index contributed by atoms with van der Waals surface area (Å²) in [5, 5.41) is 13.4. The molecule has 19 heavy (non-hydrogen) atoms. The maximum atomic E-state index is 12.3. The molecule has 0 atom stereocenters. The molecule has 1 fully saturated rings. The Morgan fingerprint density at radius 2 is 2.21 bits per heavy atom. The van der Waals surface area contributed by atoms with Crippen molar-refractivity contribution in [3.05, 3.63) is 27.9 Å². The minimum atomic E-state index is -0.550. The summed E-state index contributed by atoms with van der Waals surface area (Å²) in [5.41, 5.74) is 0.210. The average Bonchev–Trinajstić information content (AvgIpc) is 2.60. The van der Waals surface area contributed by atoms with Gasteiger partial charge in [-0.2, -0.15) is 0 Å². The topological polar surface area (TPSA) is 97.5 Å². The molecule has 0 aromatic carbocycles. The number of hydrogen-bond donors (Lipinski definition) is 1. The minimum Gasteiger partial charge on any atom is -0.358 e. The molecule has 2 heterocycles. The Labute approximate surface area is 109 Å². The Balaban J connectivity index is 2.23. The number of nitrogens with zero attached hydrogens (tertiary/aromatic N) is 3. The lowest BCUT2D eigenvalue weighted by Gasteiger charge is -2.17. The normalized spacial score (nSPS) is 15.8. The van der Waals surface area contributed by atoms with E-state index in [9.17, 15) is 19.7 Å². The molecule has 102 valence electrons. The Hall–Kier alpha value is -2.38. The van der Waals surface area contributed by atoms with Gasteiger partial charge in [0.2, 0.25) is 5.91 Å². The van der Waals surface area contributed by atoms with Crippen LogP contribution in [0.15, 0.2) is 12.1 Å². The van der Waals surface area contributed by atoms with E-state index in [0.29, 0.717) is 19.5 Å². The van der Waals surface area contributed by atoms with Gasteiger partial charge in [-0.05, 0) is 17.4 Å².